The monoisotopic (exact) mass is 345 g/mol. The Hall–Kier alpha value is -2.42. The van der Waals surface area contributed by atoms with Gasteiger partial charge in [0.15, 0.2) is 0 Å². The van der Waals surface area contributed by atoms with Gasteiger partial charge in [-0.1, -0.05) is 91.0 Å². The van der Waals surface area contributed by atoms with Crippen molar-refractivity contribution in [1.82, 2.24) is 4.90 Å². The molecule has 0 amide bonds. The number of aliphatic hydroxyl groups is 1. The third-order valence-corrected chi connectivity index (χ3v) is 4.83. The van der Waals surface area contributed by atoms with E-state index in [4.69, 9.17) is 0 Å². The van der Waals surface area contributed by atoms with E-state index < -0.39 is 6.10 Å². The maximum absolute atomic E-state index is 10.6. The first-order chi connectivity index (χ1) is 12.7. The van der Waals surface area contributed by atoms with Gasteiger partial charge in [-0.3, -0.25) is 4.90 Å². The van der Waals surface area contributed by atoms with Crippen LogP contribution in [0.5, 0.6) is 0 Å². The van der Waals surface area contributed by atoms with Gasteiger partial charge in [0, 0.05) is 19.1 Å². The van der Waals surface area contributed by atoms with E-state index in [1.54, 1.807) is 0 Å². The summed E-state index contributed by atoms with van der Waals surface area (Å²) in [5.41, 5.74) is 3.58. The van der Waals surface area contributed by atoms with Crippen molar-refractivity contribution in [1.29, 1.82) is 0 Å². The van der Waals surface area contributed by atoms with Gasteiger partial charge in [-0.15, -0.1) is 0 Å². The molecule has 2 heteroatoms. The Balaban J connectivity index is 1.73. The zero-order valence-corrected chi connectivity index (χ0v) is 15.3. The van der Waals surface area contributed by atoms with E-state index in [-0.39, 0.29) is 6.04 Å². The number of benzene rings is 3. The summed E-state index contributed by atoms with van der Waals surface area (Å²) >= 11 is 0. The highest BCUT2D eigenvalue weighted by Gasteiger charge is 2.19. The smallest absolute Gasteiger partial charge is 0.0804 e. The van der Waals surface area contributed by atoms with Crippen LogP contribution in [0.1, 0.15) is 36.1 Å². The van der Waals surface area contributed by atoms with Gasteiger partial charge in [-0.05, 0) is 30.0 Å². The lowest BCUT2D eigenvalue weighted by atomic mass is 10.0. The molecule has 3 aromatic rings. The summed E-state index contributed by atoms with van der Waals surface area (Å²) in [5.74, 6) is 0. The summed E-state index contributed by atoms with van der Waals surface area (Å²) in [6, 6.07) is 31.3. The van der Waals surface area contributed by atoms with E-state index in [0.29, 0.717) is 6.42 Å². The predicted octanol–water partition coefficient (Wildman–Crippen LogP) is 5.20. The zero-order chi connectivity index (χ0) is 18.2. The fraction of sp³-hybridized carbons (Fsp3) is 0.250. The van der Waals surface area contributed by atoms with Gasteiger partial charge < -0.3 is 5.11 Å². The van der Waals surface area contributed by atoms with Gasteiger partial charge in [-0.2, -0.15) is 0 Å². The summed E-state index contributed by atoms with van der Waals surface area (Å²) < 4.78 is 0. The molecule has 1 N–H and O–H groups in total. The lowest BCUT2D eigenvalue weighted by Crippen LogP contribution is -2.33. The molecule has 0 saturated heterocycles. The van der Waals surface area contributed by atoms with Crippen molar-refractivity contribution >= 4 is 0 Å². The Morgan fingerprint density at radius 3 is 1.58 bits per heavy atom. The fourth-order valence-corrected chi connectivity index (χ4v) is 3.29. The molecule has 2 atom stereocenters. The molecule has 0 heterocycles. The van der Waals surface area contributed by atoms with Gasteiger partial charge in [0.2, 0.25) is 0 Å². The number of hydrogen-bond donors (Lipinski definition) is 1. The first-order valence-electron chi connectivity index (χ1n) is 9.27. The Morgan fingerprint density at radius 1 is 0.692 bits per heavy atom. The topological polar surface area (TPSA) is 23.5 Å². The summed E-state index contributed by atoms with van der Waals surface area (Å²) in [6.45, 7) is 3.95. The van der Waals surface area contributed by atoms with Crippen molar-refractivity contribution < 1.29 is 5.11 Å². The molecular weight excluding hydrogens is 318 g/mol. The van der Waals surface area contributed by atoms with Crippen LogP contribution in [0.25, 0.3) is 0 Å². The molecule has 0 aliphatic rings. The third kappa shape index (κ3) is 5.29. The van der Waals surface area contributed by atoms with Crippen LogP contribution in [0.2, 0.25) is 0 Å². The van der Waals surface area contributed by atoms with Crippen molar-refractivity contribution in [2.45, 2.75) is 38.6 Å². The summed E-state index contributed by atoms with van der Waals surface area (Å²) in [7, 11) is 0. The van der Waals surface area contributed by atoms with Crippen molar-refractivity contribution in [3.05, 3.63) is 108 Å². The van der Waals surface area contributed by atoms with Gasteiger partial charge in [-0.25, -0.2) is 0 Å². The van der Waals surface area contributed by atoms with Gasteiger partial charge >= 0.3 is 0 Å². The van der Waals surface area contributed by atoms with Crippen molar-refractivity contribution in [2.24, 2.45) is 0 Å². The minimum atomic E-state index is -0.444. The van der Waals surface area contributed by atoms with Crippen LogP contribution in [0.15, 0.2) is 91.0 Å². The lowest BCUT2D eigenvalue weighted by molar-refractivity contribution is 0.1000. The molecule has 0 saturated carbocycles. The summed E-state index contributed by atoms with van der Waals surface area (Å²) in [5, 5.41) is 10.6. The highest BCUT2D eigenvalue weighted by molar-refractivity contribution is 5.19. The minimum absolute atomic E-state index is 0.255. The van der Waals surface area contributed by atoms with E-state index in [1.165, 1.54) is 11.1 Å². The number of rotatable bonds is 8. The Morgan fingerprint density at radius 2 is 1.12 bits per heavy atom. The first-order valence-corrected chi connectivity index (χ1v) is 9.27. The molecule has 134 valence electrons. The van der Waals surface area contributed by atoms with Crippen LogP contribution in [0.4, 0.5) is 0 Å². The van der Waals surface area contributed by atoms with E-state index in [2.05, 4.69) is 60.4 Å². The van der Waals surface area contributed by atoms with E-state index in [1.807, 2.05) is 42.5 Å². The molecule has 3 rings (SSSR count). The van der Waals surface area contributed by atoms with Crippen molar-refractivity contribution in [2.75, 3.05) is 0 Å². The van der Waals surface area contributed by atoms with Crippen molar-refractivity contribution in [3.63, 3.8) is 0 Å². The summed E-state index contributed by atoms with van der Waals surface area (Å²) in [6.07, 6.45) is 0.268. The number of nitrogens with zero attached hydrogens (tertiary/aromatic N) is 1. The van der Waals surface area contributed by atoms with Gasteiger partial charge in [0.25, 0.3) is 0 Å². The van der Waals surface area contributed by atoms with E-state index in [0.717, 1.165) is 18.7 Å². The van der Waals surface area contributed by atoms with Gasteiger partial charge in [0.05, 0.1) is 6.10 Å². The summed E-state index contributed by atoms with van der Waals surface area (Å²) in [4.78, 5) is 2.44. The second-order valence-electron chi connectivity index (χ2n) is 6.89. The predicted molar refractivity (Wildman–Crippen MR) is 108 cm³/mol. The minimum Gasteiger partial charge on any atom is -0.388 e. The third-order valence-electron chi connectivity index (χ3n) is 4.83. The van der Waals surface area contributed by atoms with Crippen molar-refractivity contribution in [3.8, 4) is 0 Å². The van der Waals surface area contributed by atoms with Crippen LogP contribution < -0.4 is 0 Å². The van der Waals surface area contributed by atoms with Crippen LogP contribution in [0.3, 0.4) is 0 Å². The molecule has 0 aromatic heterocycles. The average molecular weight is 345 g/mol. The molecular formula is C24H27NO. The second-order valence-corrected chi connectivity index (χ2v) is 6.89. The second kappa shape index (κ2) is 9.33. The maximum Gasteiger partial charge on any atom is 0.0804 e. The molecule has 26 heavy (non-hydrogen) atoms. The highest BCUT2D eigenvalue weighted by Crippen LogP contribution is 2.23. The van der Waals surface area contributed by atoms with Crippen LogP contribution in [-0.4, -0.2) is 16.0 Å². The molecule has 0 fully saturated rings. The van der Waals surface area contributed by atoms with Crippen LogP contribution in [0, 0.1) is 0 Å². The largest absolute Gasteiger partial charge is 0.388 e. The van der Waals surface area contributed by atoms with Crippen LogP contribution >= 0.6 is 0 Å². The first kappa shape index (κ1) is 18.4. The normalized spacial score (nSPS) is 13.5. The highest BCUT2D eigenvalue weighted by atomic mass is 16.3. The Bertz CT molecular complexity index is 716. The number of hydrogen-bond acceptors (Lipinski definition) is 2. The SMILES string of the molecule is CC(CC(O)c1ccccc1)N(Cc1ccccc1)Cc1ccccc1. The molecule has 2 nitrogen and oxygen atoms in total. The molecule has 0 aliphatic carbocycles. The Labute approximate surface area is 156 Å². The lowest BCUT2D eigenvalue weighted by Gasteiger charge is -2.31. The van der Waals surface area contributed by atoms with Crippen LogP contribution in [-0.2, 0) is 13.1 Å². The standard InChI is InChI=1S/C24H27NO/c1-20(17-24(26)23-15-9-4-10-16-23)25(18-21-11-5-2-6-12-21)19-22-13-7-3-8-14-22/h2-16,20,24,26H,17-19H2,1H3. The zero-order valence-electron chi connectivity index (χ0n) is 15.3. The van der Waals surface area contributed by atoms with E-state index in [9.17, 15) is 5.11 Å². The molecule has 2 unspecified atom stereocenters. The van der Waals surface area contributed by atoms with Gasteiger partial charge in [0.1, 0.15) is 0 Å². The number of aliphatic hydroxyl groups excluding tert-OH is 1. The molecule has 3 aromatic carbocycles. The molecule has 0 radical (unpaired) electrons. The fourth-order valence-electron chi connectivity index (χ4n) is 3.29. The Kier molecular flexibility index (Phi) is 6.59. The maximum atomic E-state index is 10.6. The van der Waals surface area contributed by atoms with E-state index >= 15 is 0 Å². The molecule has 0 bridgehead atoms. The quantitative estimate of drug-likeness (QED) is 0.606. The molecule has 0 spiro atoms. The average Bonchev–Trinajstić information content (AvgIpc) is 2.69. The molecule has 0 aliphatic heterocycles.